The molecule has 5 heteroatoms. The predicted octanol–water partition coefficient (Wildman–Crippen LogP) is 3.40. The fourth-order valence-electron chi connectivity index (χ4n) is 1.36. The Morgan fingerprint density at radius 1 is 1.44 bits per heavy atom. The first-order chi connectivity index (χ1) is 7.23. The van der Waals surface area contributed by atoms with E-state index >= 15 is 0 Å². The summed E-state index contributed by atoms with van der Waals surface area (Å²) in [5.74, 6) is 0. The van der Waals surface area contributed by atoms with Gasteiger partial charge in [-0.2, -0.15) is 0 Å². The van der Waals surface area contributed by atoms with Crippen molar-refractivity contribution in [2.75, 3.05) is 0 Å². The third-order valence-electron chi connectivity index (χ3n) is 2.46. The molecule has 0 amide bonds. The maximum atomic E-state index is 10.8. The van der Waals surface area contributed by atoms with Gasteiger partial charge in [-0.1, -0.05) is 26.8 Å². The predicted molar refractivity (Wildman–Crippen MR) is 67.2 cm³/mol. The summed E-state index contributed by atoms with van der Waals surface area (Å²) >= 11 is 3.15. The Morgan fingerprint density at radius 2 is 2.00 bits per heavy atom. The first-order valence-electron chi connectivity index (χ1n) is 4.93. The third kappa shape index (κ3) is 2.80. The zero-order valence-electron chi connectivity index (χ0n) is 9.53. The lowest BCUT2D eigenvalue weighted by molar-refractivity contribution is -0.385. The summed E-state index contributed by atoms with van der Waals surface area (Å²) in [5, 5.41) is 10.8. The highest BCUT2D eigenvalue weighted by molar-refractivity contribution is 9.10. The molecule has 0 aliphatic carbocycles. The standard InChI is InChI=1S/C11H15BrN2O2/c1-11(2,3)10(13)7-4-5-8(12)9(6-7)14(15)16/h4-6,10H,13H2,1-3H3/t10-/m0/s1. The Bertz CT molecular complexity index is 413. The van der Waals surface area contributed by atoms with Crippen molar-refractivity contribution in [3.05, 3.63) is 38.3 Å². The van der Waals surface area contributed by atoms with E-state index in [9.17, 15) is 10.1 Å². The first kappa shape index (κ1) is 13.1. The second-order valence-electron chi connectivity index (χ2n) is 4.81. The van der Waals surface area contributed by atoms with Crippen molar-refractivity contribution in [1.29, 1.82) is 0 Å². The van der Waals surface area contributed by atoms with E-state index in [1.807, 2.05) is 26.8 Å². The molecule has 4 nitrogen and oxygen atoms in total. The number of halogens is 1. The fraction of sp³-hybridized carbons (Fsp3) is 0.455. The molecule has 0 heterocycles. The number of nitrogens with two attached hydrogens (primary N) is 1. The molecule has 0 aliphatic rings. The largest absolute Gasteiger partial charge is 0.324 e. The van der Waals surface area contributed by atoms with Crippen LogP contribution in [0.25, 0.3) is 0 Å². The van der Waals surface area contributed by atoms with E-state index in [1.54, 1.807) is 6.07 Å². The number of benzene rings is 1. The van der Waals surface area contributed by atoms with Gasteiger partial charge in [0, 0.05) is 12.1 Å². The normalized spacial score (nSPS) is 13.6. The smallest absolute Gasteiger partial charge is 0.283 e. The van der Waals surface area contributed by atoms with Crippen LogP contribution in [0, 0.1) is 15.5 Å². The fourth-order valence-corrected chi connectivity index (χ4v) is 1.75. The van der Waals surface area contributed by atoms with Crippen LogP contribution in [0.2, 0.25) is 0 Å². The number of nitrogens with zero attached hydrogens (tertiary/aromatic N) is 1. The maximum absolute atomic E-state index is 10.8. The minimum absolute atomic E-state index is 0.0530. The van der Waals surface area contributed by atoms with Crippen molar-refractivity contribution >= 4 is 21.6 Å². The molecular weight excluding hydrogens is 272 g/mol. The van der Waals surface area contributed by atoms with Crippen LogP contribution >= 0.6 is 15.9 Å². The van der Waals surface area contributed by atoms with Crippen molar-refractivity contribution < 1.29 is 4.92 Å². The van der Waals surface area contributed by atoms with Crippen LogP contribution in [0.3, 0.4) is 0 Å². The van der Waals surface area contributed by atoms with Crippen LogP contribution in [0.5, 0.6) is 0 Å². The van der Waals surface area contributed by atoms with Gasteiger partial charge in [-0.05, 0) is 33.0 Å². The topological polar surface area (TPSA) is 69.2 Å². The minimum atomic E-state index is -0.414. The lowest BCUT2D eigenvalue weighted by Gasteiger charge is -2.27. The van der Waals surface area contributed by atoms with Gasteiger partial charge in [-0.25, -0.2) is 0 Å². The van der Waals surface area contributed by atoms with E-state index in [1.165, 1.54) is 6.07 Å². The van der Waals surface area contributed by atoms with Crippen LogP contribution in [-0.4, -0.2) is 4.92 Å². The van der Waals surface area contributed by atoms with E-state index in [4.69, 9.17) is 5.73 Å². The van der Waals surface area contributed by atoms with Gasteiger partial charge in [0.2, 0.25) is 0 Å². The molecule has 0 aromatic heterocycles. The van der Waals surface area contributed by atoms with Crippen molar-refractivity contribution in [2.24, 2.45) is 11.1 Å². The number of nitro groups is 1. The van der Waals surface area contributed by atoms with Gasteiger partial charge in [0.15, 0.2) is 0 Å². The lowest BCUT2D eigenvalue weighted by Crippen LogP contribution is -2.26. The van der Waals surface area contributed by atoms with E-state index < -0.39 is 4.92 Å². The number of hydrogen-bond donors (Lipinski definition) is 1. The minimum Gasteiger partial charge on any atom is -0.324 e. The molecule has 0 spiro atoms. The van der Waals surface area contributed by atoms with Crippen LogP contribution in [-0.2, 0) is 0 Å². The monoisotopic (exact) mass is 286 g/mol. The Balaban J connectivity index is 3.18. The van der Waals surface area contributed by atoms with Crippen molar-refractivity contribution in [3.8, 4) is 0 Å². The van der Waals surface area contributed by atoms with Gasteiger partial charge in [0.25, 0.3) is 5.69 Å². The number of hydrogen-bond acceptors (Lipinski definition) is 3. The Hall–Kier alpha value is -0.940. The Morgan fingerprint density at radius 3 is 2.44 bits per heavy atom. The number of rotatable bonds is 2. The molecule has 1 aromatic rings. The van der Waals surface area contributed by atoms with Crippen LogP contribution in [0.15, 0.2) is 22.7 Å². The molecule has 1 atom stereocenters. The number of nitro benzene ring substituents is 1. The van der Waals surface area contributed by atoms with E-state index in [0.29, 0.717) is 4.47 Å². The molecule has 2 N–H and O–H groups in total. The van der Waals surface area contributed by atoms with Crippen LogP contribution in [0.4, 0.5) is 5.69 Å². The summed E-state index contributed by atoms with van der Waals surface area (Å²) in [7, 11) is 0. The molecule has 0 saturated carbocycles. The van der Waals surface area contributed by atoms with E-state index in [-0.39, 0.29) is 17.1 Å². The highest BCUT2D eigenvalue weighted by Crippen LogP contribution is 2.34. The summed E-state index contributed by atoms with van der Waals surface area (Å²) in [6.45, 7) is 6.02. The van der Waals surface area contributed by atoms with Crippen molar-refractivity contribution in [3.63, 3.8) is 0 Å². The molecule has 88 valence electrons. The van der Waals surface area contributed by atoms with Gasteiger partial charge in [-0.3, -0.25) is 10.1 Å². The van der Waals surface area contributed by atoms with Gasteiger partial charge in [0.1, 0.15) is 0 Å². The summed E-state index contributed by atoms with van der Waals surface area (Å²) in [6, 6.07) is 4.78. The first-order valence-corrected chi connectivity index (χ1v) is 5.72. The van der Waals surface area contributed by atoms with E-state index in [0.717, 1.165) is 5.56 Å². The molecule has 1 aromatic carbocycles. The summed E-state index contributed by atoms with van der Waals surface area (Å²) in [5.41, 5.74) is 6.76. The molecule has 0 aliphatic heterocycles. The van der Waals surface area contributed by atoms with E-state index in [2.05, 4.69) is 15.9 Å². The van der Waals surface area contributed by atoms with Gasteiger partial charge >= 0.3 is 0 Å². The maximum Gasteiger partial charge on any atom is 0.283 e. The van der Waals surface area contributed by atoms with Gasteiger partial charge in [0.05, 0.1) is 9.40 Å². The molecular formula is C11H15BrN2O2. The SMILES string of the molecule is CC(C)(C)[C@@H](N)c1ccc(Br)c([N+](=O)[O-])c1. The van der Waals surface area contributed by atoms with Crippen molar-refractivity contribution in [1.82, 2.24) is 0 Å². The second kappa shape index (κ2) is 4.51. The lowest BCUT2D eigenvalue weighted by atomic mass is 9.83. The zero-order chi connectivity index (χ0) is 12.5. The van der Waals surface area contributed by atoms with Gasteiger partial charge < -0.3 is 5.73 Å². The quantitative estimate of drug-likeness (QED) is 0.669. The Kier molecular flexibility index (Phi) is 3.70. The Labute approximate surface area is 103 Å². The van der Waals surface area contributed by atoms with Crippen molar-refractivity contribution in [2.45, 2.75) is 26.8 Å². The highest BCUT2D eigenvalue weighted by atomic mass is 79.9. The zero-order valence-corrected chi connectivity index (χ0v) is 11.1. The summed E-state index contributed by atoms with van der Waals surface area (Å²) in [6.07, 6.45) is 0. The highest BCUT2D eigenvalue weighted by Gasteiger charge is 2.24. The summed E-state index contributed by atoms with van der Waals surface area (Å²) < 4.78 is 0.474. The molecule has 1 rings (SSSR count). The molecule has 0 bridgehead atoms. The third-order valence-corrected chi connectivity index (χ3v) is 3.13. The molecule has 0 radical (unpaired) electrons. The average Bonchev–Trinajstić information content (AvgIpc) is 2.15. The molecule has 0 fully saturated rings. The molecule has 0 unspecified atom stereocenters. The average molecular weight is 287 g/mol. The van der Waals surface area contributed by atoms with Crippen LogP contribution < -0.4 is 5.73 Å². The van der Waals surface area contributed by atoms with Crippen LogP contribution in [0.1, 0.15) is 32.4 Å². The second-order valence-corrected chi connectivity index (χ2v) is 5.67. The van der Waals surface area contributed by atoms with Gasteiger partial charge in [-0.15, -0.1) is 0 Å². The molecule has 0 saturated heterocycles. The molecule has 16 heavy (non-hydrogen) atoms. The summed E-state index contributed by atoms with van der Waals surface area (Å²) in [4.78, 5) is 10.4.